The predicted octanol–water partition coefficient (Wildman–Crippen LogP) is 1.16. The van der Waals surface area contributed by atoms with E-state index in [9.17, 15) is 14.7 Å². The lowest BCUT2D eigenvalue weighted by Crippen LogP contribution is -2.40. The fourth-order valence-corrected chi connectivity index (χ4v) is 2.75. The molecule has 2 atom stereocenters. The van der Waals surface area contributed by atoms with E-state index in [-0.39, 0.29) is 35.3 Å². The molecule has 0 aromatic heterocycles. The van der Waals surface area contributed by atoms with Crippen molar-refractivity contribution >= 4 is 11.8 Å². The molecule has 1 aliphatic rings. The summed E-state index contributed by atoms with van der Waals surface area (Å²) in [7, 11) is 0. The highest BCUT2D eigenvalue weighted by molar-refractivity contribution is 5.89. The molecule has 0 aliphatic carbocycles. The van der Waals surface area contributed by atoms with Gasteiger partial charge in [0.05, 0.1) is 12.0 Å². The van der Waals surface area contributed by atoms with Crippen molar-refractivity contribution in [2.75, 3.05) is 13.1 Å². The summed E-state index contributed by atoms with van der Waals surface area (Å²) < 4.78 is 0. The fourth-order valence-electron chi connectivity index (χ4n) is 2.75. The Morgan fingerprint density at radius 2 is 2.05 bits per heavy atom. The van der Waals surface area contributed by atoms with Crippen LogP contribution in [0.3, 0.4) is 0 Å². The van der Waals surface area contributed by atoms with E-state index in [0.29, 0.717) is 25.9 Å². The monoisotopic (exact) mass is 284 g/mol. The zero-order valence-electron chi connectivity index (χ0n) is 13.3. The molecular weight excluding hydrogens is 256 g/mol. The van der Waals surface area contributed by atoms with E-state index in [1.807, 2.05) is 27.7 Å². The molecule has 5 nitrogen and oxygen atoms in total. The zero-order valence-corrected chi connectivity index (χ0v) is 13.3. The van der Waals surface area contributed by atoms with Crippen LogP contribution in [0.25, 0.3) is 0 Å². The summed E-state index contributed by atoms with van der Waals surface area (Å²) in [6, 6.07) is 0.145. The van der Waals surface area contributed by atoms with Crippen molar-refractivity contribution in [2.24, 2.45) is 11.3 Å². The van der Waals surface area contributed by atoms with Crippen LogP contribution in [0.2, 0.25) is 0 Å². The first-order valence-corrected chi connectivity index (χ1v) is 7.37. The number of nitrogens with zero attached hydrogens (tertiary/aromatic N) is 1. The number of rotatable bonds is 6. The molecule has 2 N–H and O–H groups in total. The summed E-state index contributed by atoms with van der Waals surface area (Å²) in [5.41, 5.74) is -0.149. The van der Waals surface area contributed by atoms with Crippen LogP contribution in [-0.2, 0) is 9.59 Å². The SMILES string of the molecule is CC(O)CC(C)(C)CNC(=O)C1CC(=O)N(C(C)C)C1. The molecule has 1 rings (SSSR count). The van der Waals surface area contributed by atoms with E-state index in [0.717, 1.165) is 0 Å². The minimum absolute atomic E-state index is 0.0554. The van der Waals surface area contributed by atoms with Crippen molar-refractivity contribution in [3.8, 4) is 0 Å². The third-order valence-corrected chi connectivity index (χ3v) is 3.74. The van der Waals surface area contributed by atoms with Crippen molar-refractivity contribution in [1.29, 1.82) is 0 Å². The highest BCUT2D eigenvalue weighted by Crippen LogP contribution is 2.23. The molecular formula is C15H28N2O3. The molecule has 1 aliphatic heterocycles. The Bertz CT molecular complexity index is 364. The Hall–Kier alpha value is -1.10. The first-order chi connectivity index (χ1) is 9.12. The third-order valence-electron chi connectivity index (χ3n) is 3.74. The number of aliphatic hydroxyl groups is 1. The molecule has 20 heavy (non-hydrogen) atoms. The highest BCUT2D eigenvalue weighted by atomic mass is 16.3. The summed E-state index contributed by atoms with van der Waals surface area (Å²) >= 11 is 0. The smallest absolute Gasteiger partial charge is 0.225 e. The van der Waals surface area contributed by atoms with Gasteiger partial charge in [-0.2, -0.15) is 0 Å². The third kappa shape index (κ3) is 4.78. The van der Waals surface area contributed by atoms with Crippen LogP contribution in [0, 0.1) is 11.3 Å². The van der Waals surface area contributed by atoms with Crippen LogP contribution in [0.4, 0.5) is 0 Å². The van der Waals surface area contributed by atoms with Crippen LogP contribution < -0.4 is 5.32 Å². The molecule has 0 spiro atoms. The maximum absolute atomic E-state index is 12.1. The normalized spacial score (nSPS) is 21.4. The van der Waals surface area contributed by atoms with E-state index in [2.05, 4.69) is 5.32 Å². The van der Waals surface area contributed by atoms with E-state index >= 15 is 0 Å². The van der Waals surface area contributed by atoms with Crippen molar-refractivity contribution in [3.63, 3.8) is 0 Å². The minimum Gasteiger partial charge on any atom is -0.393 e. The molecule has 1 saturated heterocycles. The Morgan fingerprint density at radius 1 is 1.45 bits per heavy atom. The average Bonchev–Trinajstić information content (AvgIpc) is 2.66. The van der Waals surface area contributed by atoms with Gasteiger partial charge >= 0.3 is 0 Å². The Kier molecular flexibility index (Phi) is 5.57. The van der Waals surface area contributed by atoms with Crippen LogP contribution in [0.15, 0.2) is 0 Å². The topological polar surface area (TPSA) is 69.6 Å². The first-order valence-electron chi connectivity index (χ1n) is 7.37. The van der Waals surface area contributed by atoms with Gasteiger partial charge in [-0.05, 0) is 32.6 Å². The summed E-state index contributed by atoms with van der Waals surface area (Å²) in [4.78, 5) is 25.7. The lowest BCUT2D eigenvalue weighted by molar-refractivity contribution is -0.130. The molecule has 2 unspecified atom stereocenters. The fraction of sp³-hybridized carbons (Fsp3) is 0.867. The Balaban J connectivity index is 2.47. The number of carbonyl (C=O) groups excluding carboxylic acids is 2. The van der Waals surface area contributed by atoms with Crippen molar-refractivity contribution in [1.82, 2.24) is 10.2 Å². The van der Waals surface area contributed by atoms with Crippen molar-refractivity contribution in [2.45, 2.75) is 59.6 Å². The zero-order chi connectivity index (χ0) is 15.5. The van der Waals surface area contributed by atoms with Gasteiger partial charge in [-0.1, -0.05) is 13.8 Å². The van der Waals surface area contributed by atoms with Crippen molar-refractivity contribution in [3.05, 3.63) is 0 Å². The maximum atomic E-state index is 12.1. The molecule has 5 heteroatoms. The second kappa shape index (κ2) is 6.57. The standard InChI is InChI=1S/C15H28N2O3/c1-10(2)17-8-12(6-13(17)19)14(20)16-9-15(4,5)7-11(3)18/h10-12,18H,6-9H2,1-5H3,(H,16,20). The minimum atomic E-state index is -0.383. The van der Waals surface area contributed by atoms with E-state index in [4.69, 9.17) is 0 Å². The van der Waals surface area contributed by atoms with Gasteiger partial charge in [0, 0.05) is 25.6 Å². The molecule has 0 aromatic carbocycles. The number of hydrogen-bond donors (Lipinski definition) is 2. The van der Waals surface area contributed by atoms with E-state index in [1.54, 1.807) is 11.8 Å². The largest absolute Gasteiger partial charge is 0.393 e. The number of aliphatic hydroxyl groups excluding tert-OH is 1. The van der Waals surface area contributed by atoms with Crippen molar-refractivity contribution < 1.29 is 14.7 Å². The maximum Gasteiger partial charge on any atom is 0.225 e. The van der Waals surface area contributed by atoms with Gasteiger partial charge in [-0.25, -0.2) is 0 Å². The van der Waals surface area contributed by atoms with Gasteiger partial charge in [0.1, 0.15) is 0 Å². The van der Waals surface area contributed by atoms with Crippen LogP contribution in [0.1, 0.15) is 47.5 Å². The predicted molar refractivity (Wildman–Crippen MR) is 78.0 cm³/mol. The molecule has 116 valence electrons. The Morgan fingerprint density at radius 3 is 2.50 bits per heavy atom. The lowest BCUT2D eigenvalue weighted by Gasteiger charge is -2.27. The molecule has 0 saturated carbocycles. The number of likely N-dealkylation sites (tertiary alicyclic amines) is 1. The number of hydrogen-bond acceptors (Lipinski definition) is 3. The van der Waals surface area contributed by atoms with Gasteiger partial charge < -0.3 is 15.3 Å². The van der Waals surface area contributed by atoms with Gasteiger partial charge in [0.15, 0.2) is 0 Å². The lowest BCUT2D eigenvalue weighted by atomic mass is 9.87. The van der Waals surface area contributed by atoms with E-state index in [1.165, 1.54) is 0 Å². The summed E-state index contributed by atoms with van der Waals surface area (Å²) in [5, 5.41) is 12.4. The number of nitrogens with one attached hydrogen (secondary N) is 1. The second-order valence-corrected chi connectivity index (χ2v) is 6.98. The molecule has 0 aromatic rings. The number of amides is 2. The van der Waals surface area contributed by atoms with Gasteiger partial charge in [-0.3, -0.25) is 9.59 Å². The van der Waals surface area contributed by atoms with E-state index < -0.39 is 0 Å². The summed E-state index contributed by atoms with van der Waals surface area (Å²) in [5.74, 6) is -0.240. The van der Waals surface area contributed by atoms with Gasteiger partial charge in [0.2, 0.25) is 11.8 Å². The van der Waals surface area contributed by atoms with Gasteiger partial charge in [-0.15, -0.1) is 0 Å². The second-order valence-electron chi connectivity index (χ2n) is 6.98. The first kappa shape index (κ1) is 17.0. The molecule has 0 bridgehead atoms. The van der Waals surface area contributed by atoms with Crippen LogP contribution >= 0.6 is 0 Å². The van der Waals surface area contributed by atoms with Crippen LogP contribution in [0.5, 0.6) is 0 Å². The summed E-state index contributed by atoms with van der Waals surface area (Å²) in [6.07, 6.45) is 0.557. The number of carbonyl (C=O) groups is 2. The molecule has 1 heterocycles. The molecule has 0 radical (unpaired) electrons. The quantitative estimate of drug-likeness (QED) is 0.769. The average molecular weight is 284 g/mol. The molecule has 1 fully saturated rings. The van der Waals surface area contributed by atoms with Gasteiger partial charge in [0.25, 0.3) is 0 Å². The Labute approximate surface area is 121 Å². The highest BCUT2D eigenvalue weighted by Gasteiger charge is 2.35. The van der Waals surface area contributed by atoms with Crippen LogP contribution in [-0.4, -0.2) is 47.1 Å². The summed E-state index contributed by atoms with van der Waals surface area (Å²) in [6.45, 7) is 10.7. The molecule has 2 amide bonds.